The second-order valence-electron chi connectivity index (χ2n) is 3.67. The predicted octanol–water partition coefficient (Wildman–Crippen LogP) is 2.36. The molecule has 0 heterocycles. The topological polar surface area (TPSA) is 59.9 Å². The summed E-state index contributed by atoms with van der Waals surface area (Å²) in [4.78, 5) is 11.1. The minimum atomic E-state index is -0.545. The Kier molecular flexibility index (Phi) is 5.70. The first kappa shape index (κ1) is 14.0. The quantitative estimate of drug-likeness (QED) is 0.644. The highest BCUT2D eigenvalue weighted by Gasteiger charge is 2.04. The van der Waals surface area contributed by atoms with Crippen molar-refractivity contribution in [3.05, 3.63) is 29.8 Å². The van der Waals surface area contributed by atoms with E-state index < -0.39 is 6.09 Å². The zero-order valence-electron chi connectivity index (χ0n) is 10.9. The van der Waals surface area contributed by atoms with Gasteiger partial charge in [0.15, 0.2) is 0 Å². The Hall–Kier alpha value is -2.04. The lowest BCUT2D eigenvalue weighted by molar-refractivity contribution is 0.152. The molecule has 0 bridgehead atoms. The number of ether oxygens (including phenoxy) is 2. The number of carbonyl (C=O) groups is 1. The third kappa shape index (κ3) is 4.45. The summed E-state index contributed by atoms with van der Waals surface area (Å²) in [6.45, 7) is 3.90. The Balaban J connectivity index is 2.60. The van der Waals surface area contributed by atoms with Crippen LogP contribution in [0.15, 0.2) is 29.4 Å². The molecular formula is C13H18N2O3. The van der Waals surface area contributed by atoms with Crippen molar-refractivity contribution >= 4 is 11.8 Å². The van der Waals surface area contributed by atoms with Crippen LogP contribution < -0.4 is 10.2 Å². The average Bonchev–Trinajstić information content (AvgIpc) is 2.37. The van der Waals surface area contributed by atoms with Gasteiger partial charge in [0.25, 0.3) is 0 Å². The van der Waals surface area contributed by atoms with E-state index in [1.54, 1.807) is 14.0 Å². The van der Waals surface area contributed by atoms with E-state index in [4.69, 9.17) is 9.47 Å². The lowest BCUT2D eigenvalue weighted by Gasteiger charge is -2.07. The molecule has 0 aromatic heterocycles. The van der Waals surface area contributed by atoms with E-state index in [1.807, 2.05) is 31.2 Å². The molecule has 0 fully saturated rings. The molecule has 0 radical (unpaired) electrons. The van der Waals surface area contributed by atoms with Gasteiger partial charge in [-0.15, -0.1) is 0 Å². The fraction of sp³-hybridized carbons (Fsp3) is 0.385. The van der Waals surface area contributed by atoms with Crippen LogP contribution in [0, 0.1) is 0 Å². The van der Waals surface area contributed by atoms with Crippen LogP contribution in [0.25, 0.3) is 0 Å². The number of methoxy groups -OCH3 is 1. The highest BCUT2D eigenvalue weighted by atomic mass is 16.5. The highest BCUT2D eigenvalue weighted by molar-refractivity contribution is 5.85. The predicted molar refractivity (Wildman–Crippen MR) is 70.0 cm³/mol. The number of para-hydroxylation sites is 1. The number of amides is 1. The molecule has 0 atom stereocenters. The molecule has 1 aromatic rings. The average molecular weight is 250 g/mol. The van der Waals surface area contributed by atoms with Gasteiger partial charge in [-0.3, -0.25) is 0 Å². The molecule has 0 spiro atoms. The van der Waals surface area contributed by atoms with E-state index in [0.29, 0.717) is 13.0 Å². The van der Waals surface area contributed by atoms with E-state index >= 15 is 0 Å². The summed E-state index contributed by atoms with van der Waals surface area (Å²) < 4.78 is 9.95. The third-order valence-electron chi connectivity index (χ3n) is 2.25. The Bertz CT molecular complexity index is 430. The van der Waals surface area contributed by atoms with Crippen molar-refractivity contribution in [1.29, 1.82) is 0 Å². The van der Waals surface area contributed by atoms with Crippen molar-refractivity contribution < 1.29 is 14.3 Å². The number of benzene rings is 1. The molecule has 1 aromatic carbocycles. The number of hydrogen-bond acceptors (Lipinski definition) is 4. The summed E-state index contributed by atoms with van der Waals surface area (Å²) in [5.74, 6) is 0.809. The van der Waals surface area contributed by atoms with Crippen LogP contribution in [0.2, 0.25) is 0 Å². The van der Waals surface area contributed by atoms with Gasteiger partial charge < -0.3 is 9.47 Å². The van der Waals surface area contributed by atoms with Crippen molar-refractivity contribution in [3.8, 4) is 5.75 Å². The van der Waals surface area contributed by atoms with Crippen LogP contribution in [0.5, 0.6) is 5.75 Å². The van der Waals surface area contributed by atoms with E-state index in [0.717, 1.165) is 17.0 Å². The van der Waals surface area contributed by atoms with Crippen LogP contribution in [-0.4, -0.2) is 25.5 Å². The summed E-state index contributed by atoms with van der Waals surface area (Å²) >= 11 is 0. The minimum absolute atomic E-state index is 0.326. The summed E-state index contributed by atoms with van der Waals surface area (Å²) in [5, 5.41) is 3.95. The minimum Gasteiger partial charge on any atom is -0.496 e. The van der Waals surface area contributed by atoms with Gasteiger partial charge in [-0.2, -0.15) is 5.10 Å². The lowest BCUT2D eigenvalue weighted by atomic mass is 10.1. The van der Waals surface area contributed by atoms with Crippen LogP contribution in [0.4, 0.5) is 4.79 Å². The van der Waals surface area contributed by atoms with Gasteiger partial charge in [-0.05, 0) is 25.5 Å². The fourth-order valence-corrected chi connectivity index (χ4v) is 1.47. The maximum Gasteiger partial charge on any atom is 0.427 e. The van der Waals surface area contributed by atoms with Crippen LogP contribution in [0.3, 0.4) is 0 Å². The first-order chi connectivity index (χ1) is 8.67. The van der Waals surface area contributed by atoms with Crippen molar-refractivity contribution in [2.45, 2.75) is 20.3 Å². The molecule has 1 rings (SSSR count). The number of carbonyl (C=O) groups excluding carboxylic acids is 1. The van der Waals surface area contributed by atoms with E-state index in [1.165, 1.54) is 0 Å². The number of nitrogens with one attached hydrogen (secondary N) is 1. The number of hydrogen-bond donors (Lipinski definition) is 1. The summed E-state index contributed by atoms with van der Waals surface area (Å²) in [6.07, 6.45) is 0.0630. The molecule has 1 N–H and O–H groups in total. The third-order valence-corrected chi connectivity index (χ3v) is 2.25. The Morgan fingerprint density at radius 2 is 2.11 bits per heavy atom. The molecule has 1 amide bonds. The SMILES string of the molecule is CCOC(=O)N/N=C(/C)Cc1ccccc1OC. The number of rotatable bonds is 5. The highest BCUT2D eigenvalue weighted by Crippen LogP contribution is 2.17. The van der Waals surface area contributed by atoms with Gasteiger partial charge in [0.1, 0.15) is 5.75 Å². The van der Waals surface area contributed by atoms with Gasteiger partial charge in [-0.25, -0.2) is 10.2 Å². The maximum atomic E-state index is 11.1. The monoisotopic (exact) mass is 250 g/mol. The van der Waals surface area contributed by atoms with Gasteiger partial charge in [0, 0.05) is 12.1 Å². The normalized spacial score (nSPS) is 10.9. The van der Waals surface area contributed by atoms with Crippen LogP contribution in [0.1, 0.15) is 19.4 Å². The second-order valence-corrected chi connectivity index (χ2v) is 3.67. The standard InChI is InChI=1S/C13H18N2O3/c1-4-18-13(16)15-14-10(2)9-11-7-5-6-8-12(11)17-3/h5-8H,4,9H2,1-3H3,(H,15,16)/b14-10-. The van der Waals surface area contributed by atoms with Gasteiger partial charge in [-0.1, -0.05) is 18.2 Å². The Morgan fingerprint density at radius 1 is 1.39 bits per heavy atom. The molecule has 0 aliphatic carbocycles. The molecule has 5 heteroatoms. The maximum absolute atomic E-state index is 11.1. The van der Waals surface area contributed by atoms with Crippen LogP contribution >= 0.6 is 0 Å². The smallest absolute Gasteiger partial charge is 0.427 e. The van der Waals surface area contributed by atoms with Gasteiger partial charge >= 0.3 is 6.09 Å². The van der Waals surface area contributed by atoms with Crippen molar-refractivity contribution in [2.24, 2.45) is 5.10 Å². The molecule has 0 saturated heterocycles. The fourth-order valence-electron chi connectivity index (χ4n) is 1.47. The zero-order valence-corrected chi connectivity index (χ0v) is 10.9. The molecule has 0 saturated carbocycles. The van der Waals surface area contributed by atoms with Crippen molar-refractivity contribution in [3.63, 3.8) is 0 Å². The molecule has 18 heavy (non-hydrogen) atoms. The molecule has 0 aliphatic heterocycles. The summed E-state index contributed by atoms with van der Waals surface area (Å²) in [6, 6.07) is 7.69. The second kappa shape index (κ2) is 7.32. The van der Waals surface area contributed by atoms with Gasteiger partial charge in [0.2, 0.25) is 0 Å². The molecule has 98 valence electrons. The number of nitrogens with zero attached hydrogens (tertiary/aromatic N) is 1. The van der Waals surface area contributed by atoms with E-state index in [2.05, 4.69) is 10.5 Å². The zero-order chi connectivity index (χ0) is 13.4. The van der Waals surface area contributed by atoms with Crippen molar-refractivity contribution in [2.75, 3.05) is 13.7 Å². The molecule has 0 aliphatic rings. The van der Waals surface area contributed by atoms with Crippen LogP contribution in [-0.2, 0) is 11.2 Å². The first-order valence-corrected chi connectivity index (χ1v) is 5.75. The van der Waals surface area contributed by atoms with Gasteiger partial charge in [0.05, 0.1) is 13.7 Å². The molecule has 5 nitrogen and oxygen atoms in total. The summed E-state index contributed by atoms with van der Waals surface area (Å²) in [7, 11) is 1.63. The number of hydrazone groups is 1. The molecule has 0 unspecified atom stereocenters. The van der Waals surface area contributed by atoms with E-state index in [9.17, 15) is 4.79 Å². The first-order valence-electron chi connectivity index (χ1n) is 5.75. The summed E-state index contributed by atoms with van der Waals surface area (Å²) in [5.41, 5.74) is 4.12. The molecular weight excluding hydrogens is 232 g/mol. The van der Waals surface area contributed by atoms with Crippen molar-refractivity contribution in [1.82, 2.24) is 5.43 Å². The Labute approximate surface area is 107 Å². The largest absolute Gasteiger partial charge is 0.496 e. The Morgan fingerprint density at radius 3 is 2.78 bits per heavy atom. The lowest BCUT2D eigenvalue weighted by Crippen LogP contribution is -2.20. The van der Waals surface area contributed by atoms with E-state index in [-0.39, 0.29) is 0 Å².